The smallest absolute Gasteiger partial charge is 0.257 e. The lowest BCUT2D eigenvalue weighted by Gasteiger charge is -2.33. The highest BCUT2D eigenvalue weighted by Gasteiger charge is 2.56. The van der Waals surface area contributed by atoms with E-state index in [9.17, 15) is 4.79 Å². The van der Waals surface area contributed by atoms with E-state index < -0.39 is 4.33 Å². The Morgan fingerprint density at radius 3 is 2.69 bits per heavy atom. The van der Waals surface area contributed by atoms with E-state index in [1.165, 1.54) is 0 Å². The van der Waals surface area contributed by atoms with Gasteiger partial charge in [-0.2, -0.15) is 0 Å². The molecule has 0 spiro atoms. The number of carbonyl (C=O) groups is 1. The SMILES string of the molecule is O=C1N[C@H]2CNC[C@@H](Cl)[C@@H]2C1(Cl)Cl. The monoisotopic (exact) mass is 242 g/mol. The summed E-state index contributed by atoms with van der Waals surface area (Å²) in [6, 6.07) is -0.0428. The van der Waals surface area contributed by atoms with Gasteiger partial charge in [0, 0.05) is 25.0 Å². The van der Waals surface area contributed by atoms with Gasteiger partial charge in [0.15, 0.2) is 0 Å². The number of rotatable bonds is 0. The van der Waals surface area contributed by atoms with Crippen LogP contribution < -0.4 is 10.6 Å². The lowest BCUT2D eigenvalue weighted by atomic mass is 9.92. The van der Waals surface area contributed by atoms with Gasteiger partial charge in [0.05, 0.1) is 5.38 Å². The van der Waals surface area contributed by atoms with Gasteiger partial charge in [-0.05, 0) is 0 Å². The van der Waals surface area contributed by atoms with Gasteiger partial charge in [-0.1, -0.05) is 23.2 Å². The number of piperidine rings is 1. The normalized spacial score (nSPS) is 42.7. The first kappa shape index (κ1) is 9.84. The first-order valence-electron chi connectivity index (χ1n) is 4.07. The predicted octanol–water partition coefficient (Wildman–Crippen LogP) is 0.485. The van der Waals surface area contributed by atoms with Crippen LogP contribution in [0.1, 0.15) is 0 Å². The Morgan fingerprint density at radius 2 is 2.08 bits per heavy atom. The molecule has 0 aromatic carbocycles. The van der Waals surface area contributed by atoms with Gasteiger partial charge in [0.2, 0.25) is 4.33 Å². The van der Waals surface area contributed by atoms with E-state index in [1.54, 1.807) is 0 Å². The van der Waals surface area contributed by atoms with Crippen LogP contribution in [-0.4, -0.2) is 34.7 Å². The van der Waals surface area contributed by atoms with Crippen LogP contribution in [0.15, 0.2) is 0 Å². The van der Waals surface area contributed by atoms with Gasteiger partial charge in [0.25, 0.3) is 5.91 Å². The van der Waals surface area contributed by atoms with Gasteiger partial charge in [0.1, 0.15) is 0 Å². The van der Waals surface area contributed by atoms with Crippen LogP contribution in [0.25, 0.3) is 0 Å². The van der Waals surface area contributed by atoms with Crippen LogP contribution >= 0.6 is 34.8 Å². The molecule has 0 aromatic heterocycles. The average Bonchev–Trinajstić information content (AvgIpc) is 2.24. The number of alkyl halides is 3. The molecule has 0 radical (unpaired) electrons. The van der Waals surface area contributed by atoms with Crippen molar-refractivity contribution in [2.45, 2.75) is 15.8 Å². The zero-order valence-electron chi connectivity index (χ0n) is 6.69. The number of hydrogen-bond donors (Lipinski definition) is 2. The van der Waals surface area contributed by atoms with Crippen molar-refractivity contribution in [1.29, 1.82) is 0 Å². The van der Waals surface area contributed by atoms with Crippen molar-refractivity contribution in [1.82, 2.24) is 10.6 Å². The molecule has 74 valence electrons. The van der Waals surface area contributed by atoms with Gasteiger partial charge in [-0.25, -0.2) is 0 Å². The lowest BCUT2D eigenvalue weighted by molar-refractivity contribution is -0.120. The van der Waals surface area contributed by atoms with Crippen LogP contribution in [-0.2, 0) is 4.79 Å². The molecule has 2 N–H and O–H groups in total. The molecule has 2 rings (SSSR count). The summed E-state index contributed by atoms with van der Waals surface area (Å²) in [6.45, 7) is 1.32. The zero-order chi connectivity index (χ0) is 9.64. The second kappa shape index (κ2) is 3.16. The average molecular weight is 244 g/mol. The Morgan fingerprint density at radius 1 is 1.38 bits per heavy atom. The largest absolute Gasteiger partial charge is 0.349 e. The van der Waals surface area contributed by atoms with Crippen molar-refractivity contribution in [3.63, 3.8) is 0 Å². The van der Waals surface area contributed by atoms with E-state index in [2.05, 4.69) is 10.6 Å². The summed E-state index contributed by atoms with van der Waals surface area (Å²) in [7, 11) is 0. The second-order valence-electron chi connectivity index (χ2n) is 3.40. The number of carbonyl (C=O) groups excluding carboxylic acids is 1. The number of hydrogen-bond acceptors (Lipinski definition) is 2. The van der Waals surface area contributed by atoms with Crippen LogP contribution in [0.3, 0.4) is 0 Å². The molecule has 0 aliphatic carbocycles. The molecule has 13 heavy (non-hydrogen) atoms. The Balaban J connectivity index is 2.28. The van der Waals surface area contributed by atoms with Crippen LogP contribution in [0.2, 0.25) is 0 Å². The molecule has 0 bridgehead atoms. The summed E-state index contributed by atoms with van der Waals surface area (Å²) in [4.78, 5) is 11.3. The van der Waals surface area contributed by atoms with Gasteiger partial charge >= 0.3 is 0 Å². The summed E-state index contributed by atoms with van der Waals surface area (Å²) >= 11 is 17.9. The Hall–Kier alpha value is 0.300. The molecular formula is C7H9Cl3N2O. The minimum atomic E-state index is -1.36. The molecule has 0 saturated carbocycles. The predicted molar refractivity (Wildman–Crippen MR) is 52.4 cm³/mol. The number of nitrogens with one attached hydrogen (secondary N) is 2. The number of amides is 1. The molecule has 3 nitrogen and oxygen atoms in total. The first-order valence-corrected chi connectivity index (χ1v) is 5.26. The molecule has 2 heterocycles. The molecule has 2 aliphatic rings. The fourth-order valence-corrected chi connectivity index (χ4v) is 3.24. The summed E-state index contributed by atoms with van der Waals surface area (Å²) in [6.07, 6.45) is 0. The maximum atomic E-state index is 11.3. The van der Waals surface area contributed by atoms with Crippen LogP contribution in [0, 0.1) is 5.92 Å². The fraction of sp³-hybridized carbons (Fsp3) is 0.857. The Labute approximate surface area is 91.1 Å². The van der Waals surface area contributed by atoms with Crippen LogP contribution in [0.4, 0.5) is 0 Å². The van der Waals surface area contributed by atoms with E-state index in [0.29, 0.717) is 13.1 Å². The lowest BCUT2D eigenvalue weighted by Crippen LogP contribution is -2.52. The summed E-state index contributed by atoms with van der Waals surface area (Å²) in [5, 5.41) is 5.63. The maximum absolute atomic E-state index is 11.3. The van der Waals surface area contributed by atoms with E-state index >= 15 is 0 Å². The molecule has 2 saturated heterocycles. The summed E-state index contributed by atoms with van der Waals surface area (Å²) in [5.74, 6) is -0.536. The standard InChI is InChI=1S/C7H9Cl3N2O/c8-3-1-11-2-4-5(3)7(9,10)6(13)12-4/h3-5,11H,1-2H2,(H,12,13)/t3-,4+,5+/m1/s1. The third-order valence-corrected chi connectivity index (χ3v) is 3.84. The molecule has 1 amide bonds. The van der Waals surface area contributed by atoms with Crippen molar-refractivity contribution in [2.75, 3.05) is 13.1 Å². The quantitative estimate of drug-likeness (QED) is 0.608. The van der Waals surface area contributed by atoms with E-state index in [1.807, 2.05) is 0 Å². The highest BCUT2D eigenvalue weighted by molar-refractivity contribution is 6.59. The van der Waals surface area contributed by atoms with Crippen molar-refractivity contribution >= 4 is 40.7 Å². The molecular weight excluding hydrogens is 234 g/mol. The second-order valence-corrected chi connectivity index (χ2v) is 5.35. The fourth-order valence-electron chi connectivity index (χ4n) is 1.92. The van der Waals surface area contributed by atoms with E-state index in [-0.39, 0.29) is 23.2 Å². The number of halogens is 3. The molecule has 2 aliphatic heterocycles. The third-order valence-electron chi connectivity index (χ3n) is 2.56. The van der Waals surface area contributed by atoms with Gasteiger partial charge in [-0.15, -0.1) is 11.6 Å². The highest BCUT2D eigenvalue weighted by atomic mass is 35.5. The number of fused-ring (bicyclic) bond motifs is 1. The third kappa shape index (κ3) is 1.42. The molecule has 3 atom stereocenters. The molecule has 0 unspecified atom stereocenters. The minimum absolute atomic E-state index is 0.0428. The topological polar surface area (TPSA) is 41.1 Å². The zero-order valence-corrected chi connectivity index (χ0v) is 8.96. The summed E-state index contributed by atoms with van der Waals surface area (Å²) < 4.78 is -1.36. The van der Waals surface area contributed by atoms with Crippen molar-refractivity contribution < 1.29 is 4.79 Å². The molecule has 0 aromatic rings. The molecule has 2 fully saturated rings. The van der Waals surface area contributed by atoms with E-state index in [0.717, 1.165) is 0 Å². The Kier molecular flexibility index (Phi) is 2.39. The molecule has 6 heteroatoms. The van der Waals surface area contributed by atoms with Crippen molar-refractivity contribution in [3.8, 4) is 0 Å². The maximum Gasteiger partial charge on any atom is 0.257 e. The van der Waals surface area contributed by atoms with Crippen LogP contribution in [0.5, 0.6) is 0 Å². The van der Waals surface area contributed by atoms with E-state index in [4.69, 9.17) is 34.8 Å². The first-order chi connectivity index (χ1) is 6.03. The highest BCUT2D eigenvalue weighted by Crippen LogP contribution is 2.42. The van der Waals surface area contributed by atoms with Gasteiger partial charge in [-0.3, -0.25) is 4.79 Å². The minimum Gasteiger partial charge on any atom is -0.349 e. The van der Waals surface area contributed by atoms with Crippen molar-refractivity contribution in [2.24, 2.45) is 5.92 Å². The Bertz CT molecular complexity index is 246. The van der Waals surface area contributed by atoms with Crippen molar-refractivity contribution in [3.05, 3.63) is 0 Å². The van der Waals surface area contributed by atoms with Gasteiger partial charge < -0.3 is 10.6 Å². The summed E-state index contributed by atoms with van der Waals surface area (Å²) in [5.41, 5.74) is 0.